The molecule has 2 heterocycles. The molecule has 0 amide bonds. The van der Waals surface area contributed by atoms with E-state index in [4.69, 9.17) is 0 Å². The van der Waals surface area contributed by atoms with Crippen molar-refractivity contribution >= 4 is 5.82 Å². The smallest absolute Gasteiger partial charge is 0.131 e. The van der Waals surface area contributed by atoms with Gasteiger partial charge in [-0.2, -0.15) is 0 Å². The molecular weight excluding hydrogens is 238 g/mol. The van der Waals surface area contributed by atoms with E-state index in [1.165, 1.54) is 11.1 Å². The second-order valence-electron chi connectivity index (χ2n) is 5.58. The van der Waals surface area contributed by atoms with E-state index in [0.717, 1.165) is 38.3 Å². The topological polar surface area (TPSA) is 48.4 Å². The van der Waals surface area contributed by atoms with Gasteiger partial charge in [0.1, 0.15) is 5.82 Å². The maximum absolute atomic E-state index is 9.64. The highest BCUT2D eigenvalue weighted by atomic mass is 16.3. The summed E-state index contributed by atoms with van der Waals surface area (Å²) < 4.78 is 0. The monoisotopic (exact) mass is 263 g/mol. The molecule has 1 saturated heterocycles. The van der Waals surface area contributed by atoms with E-state index in [-0.39, 0.29) is 6.10 Å². The Morgan fingerprint density at radius 3 is 2.68 bits per heavy atom. The van der Waals surface area contributed by atoms with Crippen LogP contribution in [0.2, 0.25) is 0 Å². The number of anilines is 1. The third-order valence-corrected chi connectivity index (χ3v) is 4.01. The number of hydrogen-bond acceptors (Lipinski definition) is 4. The molecule has 0 bridgehead atoms. The van der Waals surface area contributed by atoms with E-state index in [0.29, 0.717) is 5.92 Å². The number of nitrogens with zero attached hydrogens (tertiary/aromatic N) is 2. The summed E-state index contributed by atoms with van der Waals surface area (Å²) in [5.41, 5.74) is 2.46. The molecular formula is C15H25N3O. The van der Waals surface area contributed by atoms with Gasteiger partial charge in [-0.1, -0.05) is 0 Å². The van der Waals surface area contributed by atoms with Crippen LogP contribution < -0.4 is 10.2 Å². The van der Waals surface area contributed by atoms with E-state index in [1.54, 1.807) is 0 Å². The second-order valence-corrected chi connectivity index (χ2v) is 5.58. The van der Waals surface area contributed by atoms with Crippen molar-refractivity contribution < 1.29 is 5.11 Å². The molecule has 2 N–H and O–H groups in total. The minimum Gasteiger partial charge on any atom is -0.393 e. The summed E-state index contributed by atoms with van der Waals surface area (Å²) in [4.78, 5) is 6.96. The molecule has 1 aromatic rings. The number of pyridine rings is 1. The number of piperidine rings is 1. The summed E-state index contributed by atoms with van der Waals surface area (Å²) in [5.74, 6) is 1.55. The van der Waals surface area contributed by atoms with Gasteiger partial charge in [-0.05, 0) is 56.8 Å². The second kappa shape index (κ2) is 6.35. The van der Waals surface area contributed by atoms with Crippen molar-refractivity contribution in [3.8, 4) is 0 Å². The number of rotatable bonds is 4. The van der Waals surface area contributed by atoms with Gasteiger partial charge in [0.2, 0.25) is 0 Å². The van der Waals surface area contributed by atoms with Crippen molar-refractivity contribution in [2.75, 3.05) is 25.0 Å². The van der Waals surface area contributed by atoms with Crippen LogP contribution in [0.15, 0.2) is 12.3 Å². The number of aliphatic hydroxyl groups is 1. The fourth-order valence-corrected chi connectivity index (χ4v) is 2.85. The average molecular weight is 263 g/mol. The molecule has 106 valence electrons. The van der Waals surface area contributed by atoms with Gasteiger partial charge in [-0.3, -0.25) is 0 Å². The van der Waals surface area contributed by atoms with E-state index in [9.17, 15) is 5.11 Å². The standard InChI is InChI=1S/C15H25N3O/c1-11-8-13(9-16-3)10-17-15(11)18-6-4-14(5-7-18)12(2)19/h8,10,12,14,16,19H,4-7,9H2,1-3H3. The summed E-state index contributed by atoms with van der Waals surface area (Å²) >= 11 is 0. The van der Waals surface area contributed by atoms with E-state index in [1.807, 2.05) is 20.2 Å². The summed E-state index contributed by atoms with van der Waals surface area (Å²) in [5, 5.41) is 12.8. The van der Waals surface area contributed by atoms with Crippen LogP contribution in [0, 0.1) is 12.8 Å². The third kappa shape index (κ3) is 3.45. The van der Waals surface area contributed by atoms with Crippen LogP contribution in [0.3, 0.4) is 0 Å². The number of hydrogen-bond donors (Lipinski definition) is 2. The number of aliphatic hydroxyl groups excluding tert-OH is 1. The van der Waals surface area contributed by atoms with Gasteiger partial charge in [-0.15, -0.1) is 0 Å². The van der Waals surface area contributed by atoms with Crippen molar-refractivity contribution in [1.29, 1.82) is 0 Å². The van der Waals surface area contributed by atoms with E-state index < -0.39 is 0 Å². The molecule has 0 spiro atoms. The Labute approximate surface area is 115 Å². The van der Waals surface area contributed by atoms with Crippen molar-refractivity contribution in [2.24, 2.45) is 5.92 Å². The van der Waals surface area contributed by atoms with Gasteiger partial charge in [-0.25, -0.2) is 4.98 Å². The molecule has 1 unspecified atom stereocenters. The van der Waals surface area contributed by atoms with E-state index >= 15 is 0 Å². The fourth-order valence-electron chi connectivity index (χ4n) is 2.85. The molecule has 0 saturated carbocycles. The lowest BCUT2D eigenvalue weighted by Crippen LogP contribution is -2.37. The minimum atomic E-state index is -0.186. The molecule has 0 aromatic carbocycles. The van der Waals surface area contributed by atoms with Crippen LogP contribution in [0.1, 0.15) is 30.9 Å². The van der Waals surface area contributed by atoms with Gasteiger partial charge in [0, 0.05) is 25.8 Å². The van der Waals surface area contributed by atoms with Crippen molar-refractivity contribution in [2.45, 2.75) is 39.3 Å². The van der Waals surface area contributed by atoms with Crippen LogP contribution in [0.5, 0.6) is 0 Å². The van der Waals surface area contributed by atoms with Crippen LogP contribution in [-0.4, -0.2) is 36.3 Å². The largest absolute Gasteiger partial charge is 0.393 e. The van der Waals surface area contributed by atoms with Gasteiger partial charge >= 0.3 is 0 Å². The Balaban J connectivity index is 2.03. The zero-order valence-corrected chi connectivity index (χ0v) is 12.2. The van der Waals surface area contributed by atoms with Crippen molar-refractivity contribution in [3.05, 3.63) is 23.4 Å². The van der Waals surface area contributed by atoms with Crippen molar-refractivity contribution in [1.82, 2.24) is 10.3 Å². The SMILES string of the molecule is CNCc1cnc(N2CCC(C(C)O)CC2)c(C)c1. The molecule has 2 rings (SSSR count). The normalized spacial score (nSPS) is 18.6. The number of aromatic nitrogens is 1. The lowest BCUT2D eigenvalue weighted by atomic mass is 9.92. The van der Waals surface area contributed by atoms with Gasteiger partial charge in [0.25, 0.3) is 0 Å². The minimum absolute atomic E-state index is 0.186. The Hall–Kier alpha value is -1.13. The highest BCUT2D eigenvalue weighted by Crippen LogP contribution is 2.26. The molecule has 1 aliphatic rings. The molecule has 1 aliphatic heterocycles. The molecule has 1 atom stereocenters. The molecule has 4 nitrogen and oxygen atoms in total. The lowest BCUT2D eigenvalue weighted by molar-refractivity contribution is 0.110. The maximum Gasteiger partial charge on any atom is 0.131 e. The predicted octanol–water partition coefficient (Wildman–Crippen LogP) is 1.71. The Bertz CT molecular complexity index is 412. The molecule has 4 heteroatoms. The predicted molar refractivity (Wildman–Crippen MR) is 78.4 cm³/mol. The van der Waals surface area contributed by atoms with Gasteiger partial charge < -0.3 is 15.3 Å². The molecule has 1 aromatic heterocycles. The summed E-state index contributed by atoms with van der Waals surface area (Å²) in [6, 6.07) is 2.21. The molecule has 1 fully saturated rings. The Kier molecular flexibility index (Phi) is 4.77. The summed E-state index contributed by atoms with van der Waals surface area (Å²) in [6.07, 6.45) is 3.88. The number of aryl methyl sites for hydroxylation is 1. The first-order valence-electron chi connectivity index (χ1n) is 7.15. The average Bonchev–Trinajstić information content (AvgIpc) is 2.39. The first-order chi connectivity index (χ1) is 9.11. The molecule has 0 aliphatic carbocycles. The molecule has 19 heavy (non-hydrogen) atoms. The quantitative estimate of drug-likeness (QED) is 0.868. The zero-order valence-electron chi connectivity index (χ0n) is 12.2. The Morgan fingerprint density at radius 2 is 2.16 bits per heavy atom. The summed E-state index contributed by atoms with van der Waals surface area (Å²) in [6.45, 7) is 6.88. The fraction of sp³-hybridized carbons (Fsp3) is 0.667. The summed E-state index contributed by atoms with van der Waals surface area (Å²) in [7, 11) is 1.95. The molecule has 0 radical (unpaired) electrons. The maximum atomic E-state index is 9.64. The third-order valence-electron chi connectivity index (χ3n) is 4.01. The van der Waals surface area contributed by atoms with Crippen LogP contribution in [-0.2, 0) is 6.54 Å². The van der Waals surface area contributed by atoms with Crippen LogP contribution in [0.4, 0.5) is 5.82 Å². The van der Waals surface area contributed by atoms with Gasteiger partial charge in [0.05, 0.1) is 6.10 Å². The van der Waals surface area contributed by atoms with E-state index in [2.05, 4.69) is 28.2 Å². The first kappa shape index (κ1) is 14.3. The highest BCUT2D eigenvalue weighted by molar-refractivity contribution is 5.47. The first-order valence-corrected chi connectivity index (χ1v) is 7.15. The van der Waals surface area contributed by atoms with Crippen LogP contribution in [0.25, 0.3) is 0 Å². The van der Waals surface area contributed by atoms with Gasteiger partial charge in [0.15, 0.2) is 0 Å². The zero-order chi connectivity index (χ0) is 13.8. The number of nitrogens with one attached hydrogen (secondary N) is 1. The lowest BCUT2D eigenvalue weighted by Gasteiger charge is -2.34. The highest BCUT2D eigenvalue weighted by Gasteiger charge is 2.24. The van der Waals surface area contributed by atoms with Crippen molar-refractivity contribution in [3.63, 3.8) is 0 Å². The Morgan fingerprint density at radius 1 is 1.47 bits per heavy atom. The van der Waals surface area contributed by atoms with Crippen LogP contribution >= 0.6 is 0 Å².